The molecule has 0 bridgehead atoms. The Hall–Kier alpha value is -3.10. The summed E-state index contributed by atoms with van der Waals surface area (Å²) in [6, 6.07) is 7.94. The summed E-state index contributed by atoms with van der Waals surface area (Å²) in [7, 11) is 1.66. The number of nitrogens with zero attached hydrogens (tertiary/aromatic N) is 6. The van der Waals surface area contributed by atoms with Gasteiger partial charge in [0, 0.05) is 52.6 Å². The number of guanidine groups is 1. The van der Waals surface area contributed by atoms with Gasteiger partial charge in [-0.1, -0.05) is 19.1 Å². The van der Waals surface area contributed by atoms with Gasteiger partial charge >= 0.3 is 0 Å². The van der Waals surface area contributed by atoms with Crippen LogP contribution in [0.5, 0.6) is 5.75 Å². The van der Waals surface area contributed by atoms with E-state index in [1.165, 1.54) is 0 Å². The lowest BCUT2D eigenvalue weighted by molar-refractivity contribution is -0.130. The molecule has 1 amide bonds. The molecule has 1 saturated heterocycles. The number of aliphatic imine (C=N–C) groups is 1. The van der Waals surface area contributed by atoms with Crippen molar-refractivity contribution in [3.63, 3.8) is 0 Å². The van der Waals surface area contributed by atoms with E-state index in [1.807, 2.05) is 29.2 Å². The lowest BCUT2D eigenvalue weighted by atomic mass is 10.2. The molecule has 0 unspecified atom stereocenters. The fourth-order valence-electron chi connectivity index (χ4n) is 3.43. The summed E-state index contributed by atoms with van der Waals surface area (Å²) in [5.74, 6) is 2.80. The summed E-state index contributed by atoms with van der Waals surface area (Å²) in [5, 5.41) is 11.6. The first kappa shape index (κ1) is 21.6. The predicted molar refractivity (Wildman–Crippen MR) is 115 cm³/mol. The Kier molecular flexibility index (Phi) is 7.64. The Bertz CT molecular complexity index is 839. The summed E-state index contributed by atoms with van der Waals surface area (Å²) in [4.78, 5) is 20.6. The number of piperazine rings is 1. The molecular formula is C21H31N7O2. The average molecular weight is 414 g/mol. The summed E-state index contributed by atoms with van der Waals surface area (Å²) in [5.41, 5.74) is 1.12. The van der Waals surface area contributed by atoms with Crippen molar-refractivity contribution in [3.05, 3.63) is 42.0 Å². The topological polar surface area (TPSA) is 87.9 Å². The van der Waals surface area contributed by atoms with Gasteiger partial charge in [0.1, 0.15) is 17.9 Å². The Balaban J connectivity index is 1.65. The van der Waals surface area contributed by atoms with Crippen LogP contribution in [0, 0.1) is 0 Å². The molecule has 9 heteroatoms. The van der Waals surface area contributed by atoms with Gasteiger partial charge in [-0.2, -0.15) is 0 Å². The number of amides is 1. The molecule has 1 aromatic heterocycles. The highest BCUT2D eigenvalue weighted by Crippen LogP contribution is 2.12. The number of rotatable bonds is 7. The van der Waals surface area contributed by atoms with Crippen molar-refractivity contribution in [2.45, 2.75) is 33.4 Å². The van der Waals surface area contributed by atoms with E-state index in [-0.39, 0.29) is 5.91 Å². The van der Waals surface area contributed by atoms with Gasteiger partial charge in [0.25, 0.3) is 0 Å². The molecule has 0 aliphatic carbocycles. The molecule has 1 fully saturated rings. The van der Waals surface area contributed by atoms with Crippen molar-refractivity contribution >= 4 is 11.9 Å². The highest BCUT2D eigenvalue weighted by molar-refractivity contribution is 5.80. The number of methoxy groups -OCH3 is 1. The zero-order chi connectivity index (χ0) is 21.3. The number of carbonyl (C=O) groups is 1. The minimum absolute atomic E-state index is 0.124. The second-order valence-electron chi connectivity index (χ2n) is 7.20. The monoisotopic (exact) mass is 413 g/mol. The second-order valence-corrected chi connectivity index (χ2v) is 7.20. The highest BCUT2D eigenvalue weighted by Gasteiger charge is 2.21. The molecule has 1 aromatic carbocycles. The van der Waals surface area contributed by atoms with Crippen molar-refractivity contribution in [2.24, 2.45) is 4.99 Å². The normalized spacial score (nSPS) is 14.7. The van der Waals surface area contributed by atoms with E-state index in [9.17, 15) is 4.79 Å². The van der Waals surface area contributed by atoms with Crippen molar-refractivity contribution in [1.82, 2.24) is 29.9 Å². The third-order valence-corrected chi connectivity index (χ3v) is 5.24. The lowest BCUT2D eigenvalue weighted by Crippen LogP contribution is -2.53. The van der Waals surface area contributed by atoms with Crippen LogP contribution in [-0.4, -0.2) is 76.3 Å². The highest BCUT2D eigenvalue weighted by atomic mass is 16.5. The predicted octanol–water partition coefficient (Wildman–Crippen LogP) is 1.16. The van der Waals surface area contributed by atoms with Crippen molar-refractivity contribution in [3.8, 4) is 5.75 Å². The molecule has 3 rings (SSSR count). The van der Waals surface area contributed by atoms with Crippen molar-refractivity contribution < 1.29 is 9.53 Å². The number of nitrogens with one attached hydrogen (secondary N) is 1. The number of ether oxygens (including phenoxy) is 1. The van der Waals surface area contributed by atoms with Crippen molar-refractivity contribution in [1.29, 1.82) is 0 Å². The molecule has 1 N–H and O–H groups in total. The first-order valence-corrected chi connectivity index (χ1v) is 10.4. The minimum atomic E-state index is 0.124. The average Bonchev–Trinajstić information content (AvgIpc) is 3.24. The van der Waals surface area contributed by atoms with E-state index < -0.39 is 0 Å². The first-order chi connectivity index (χ1) is 14.6. The van der Waals surface area contributed by atoms with Crippen LogP contribution < -0.4 is 10.1 Å². The van der Waals surface area contributed by atoms with E-state index in [1.54, 1.807) is 20.4 Å². The van der Waals surface area contributed by atoms with Gasteiger partial charge in [-0.25, -0.2) is 4.99 Å². The maximum atomic E-state index is 11.6. The lowest BCUT2D eigenvalue weighted by Gasteiger charge is -2.36. The number of benzene rings is 1. The van der Waals surface area contributed by atoms with Crippen LogP contribution in [-0.2, 0) is 24.3 Å². The maximum Gasteiger partial charge on any atom is 0.219 e. The number of aromatic nitrogens is 3. The Morgan fingerprint density at radius 1 is 1.17 bits per heavy atom. The summed E-state index contributed by atoms with van der Waals surface area (Å²) in [6.07, 6.45) is 2.62. The summed E-state index contributed by atoms with van der Waals surface area (Å²) in [6.45, 7) is 8.72. The molecule has 2 aromatic rings. The molecule has 30 heavy (non-hydrogen) atoms. The van der Waals surface area contributed by atoms with Crippen LogP contribution >= 0.6 is 0 Å². The quantitative estimate of drug-likeness (QED) is 0.541. The minimum Gasteiger partial charge on any atom is -0.497 e. The van der Waals surface area contributed by atoms with Crippen molar-refractivity contribution in [2.75, 3.05) is 39.8 Å². The van der Waals surface area contributed by atoms with Gasteiger partial charge in [-0.15, -0.1) is 10.2 Å². The zero-order valence-corrected chi connectivity index (χ0v) is 18.0. The molecule has 0 saturated carbocycles. The number of carbonyl (C=O) groups excluding carboxylic acids is 1. The molecule has 0 atom stereocenters. The number of hydrogen-bond donors (Lipinski definition) is 1. The largest absolute Gasteiger partial charge is 0.497 e. The molecule has 1 aliphatic rings. The molecule has 0 spiro atoms. The molecule has 162 valence electrons. The van der Waals surface area contributed by atoms with Crippen LogP contribution in [0.2, 0.25) is 0 Å². The third-order valence-electron chi connectivity index (χ3n) is 5.24. The van der Waals surface area contributed by atoms with Crippen LogP contribution in [0.15, 0.2) is 35.6 Å². The van der Waals surface area contributed by atoms with Crippen LogP contribution in [0.1, 0.15) is 25.2 Å². The molecular weight excluding hydrogens is 382 g/mol. The van der Waals surface area contributed by atoms with Gasteiger partial charge in [-0.3, -0.25) is 4.79 Å². The van der Waals surface area contributed by atoms with Gasteiger partial charge in [0.2, 0.25) is 5.91 Å². The zero-order valence-electron chi connectivity index (χ0n) is 18.0. The Morgan fingerprint density at radius 3 is 2.50 bits per heavy atom. The van der Waals surface area contributed by atoms with Gasteiger partial charge in [0.15, 0.2) is 5.96 Å². The van der Waals surface area contributed by atoms with Gasteiger partial charge in [-0.05, 0) is 17.7 Å². The van der Waals surface area contributed by atoms with E-state index in [2.05, 4.69) is 31.9 Å². The smallest absolute Gasteiger partial charge is 0.219 e. The first-order valence-electron chi connectivity index (χ1n) is 10.4. The molecule has 9 nitrogen and oxygen atoms in total. The van der Waals surface area contributed by atoms with Crippen LogP contribution in [0.3, 0.4) is 0 Å². The summed E-state index contributed by atoms with van der Waals surface area (Å²) >= 11 is 0. The number of hydrogen-bond acceptors (Lipinski definition) is 5. The van der Waals surface area contributed by atoms with E-state index >= 15 is 0 Å². The fourth-order valence-corrected chi connectivity index (χ4v) is 3.43. The van der Waals surface area contributed by atoms with Crippen LogP contribution in [0.25, 0.3) is 0 Å². The molecule has 2 heterocycles. The van der Waals surface area contributed by atoms with E-state index in [4.69, 9.17) is 9.73 Å². The second kappa shape index (κ2) is 10.6. The van der Waals surface area contributed by atoms with Gasteiger partial charge in [0.05, 0.1) is 13.7 Å². The van der Waals surface area contributed by atoms with Crippen LogP contribution in [0.4, 0.5) is 0 Å². The maximum absolute atomic E-state index is 11.6. The molecule has 1 aliphatic heterocycles. The van der Waals surface area contributed by atoms with E-state index in [0.29, 0.717) is 19.6 Å². The number of aryl methyl sites for hydroxylation is 1. The molecule has 0 radical (unpaired) electrons. The van der Waals surface area contributed by atoms with E-state index in [0.717, 1.165) is 55.7 Å². The fraction of sp³-hybridized carbons (Fsp3) is 0.524. The standard InChI is InChI=1S/C21H31N7O2/c1-4-20-25-24-16-28(20)10-9-22-21(27-13-11-26(12-14-27)17(2)29)23-15-18-5-7-19(30-3)8-6-18/h5-8,16H,4,9-15H2,1-3H3,(H,22,23). The Morgan fingerprint density at radius 2 is 1.87 bits per heavy atom. The summed E-state index contributed by atoms with van der Waals surface area (Å²) < 4.78 is 7.28. The third kappa shape index (κ3) is 5.71. The SMILES string of the molecule is CCc1nncn1CCNC(=NCc1ccc(OC)cc1)N1CCN(C(C)=O)CC1. The Labute approximate surface area is 177 Å². The van der Waals surface area contributed by atoms with Gasteiger partial charge < -0.3 is 24.4 Å².